The second kappa shape index (κ2) is 37.0. The van der Waals surface area contributed by atoms with Gasteiger partial charge in [0.05, 0.1) is 34.0 Å². The number of rotatable bonds is 38. The van der Waals surface area contributed by atoms with Gasteiger partial charge in [0.1, 0.15) is 19.8 Å². The van der Waals surface area contributed by atoms with Crippen LogP contribution in [-0.4, -0.2) is 69.0 Å². The number of nitrogens with zero attached hydrogens (tertiary/aromatic N) is 1. The van der Waals surface area contributed by atoms with Crippen molar-refractivity contribution in [1.29, 1.82) is 0 Å². The number of allylic oxidation sites excluding steroid dienone is 9. The van der Waals surface area contributed by atoms with Gasteiger partial charge in [-0.15, -0.1) is 0 Å². The lowest BCUT2D eigenvalue weighted by Gasteiger charge is -2.24. The van der Waals surface area contributed by atoms with E-state index in [1.165, 1.54) is 103 Å². The van der Waals surface area contributed by atoms with Crippen LogP contribution in [0.25, 0.3) is 0 Å². The number of likely N-dealkylation sites (N-methyl/N-ethyl adjacent to an activating group) is 1. The molecule has 1 N–H and O–H groups in total. The predicted molar refractivity (Wildman–Crippen MR) is 224 cm³/mol. The Morgan fingerprint density at radius 1 is 0.604 bits per heavy atom. The van der Waals surface area contributed by atoms with Gasteiger partial charge in [0.2, 0.25) is 0 Å². The van der Waals surface area contributed by atoms with Crippen LogP contribution in [0.5, 0.6) is 0 Å². The first-order valence-electron chi connectivity index (χ1n) is 21.1. The SMILES string of the molecule is CCCCCC/C=C\C/C=C\C/C=C\C/C=C\CCC(=O)OC(CO/C=C/CCCCCCCCCCCCCC)COP(=O)(O)OCC[N+](C)(C)C. The third-order valence-electron chi connectivity index (χ3n) is 8.66. The Labute approximate surface area is 326 Å². The number of carbonyl (C=O) groups excluding carboxylic acids is 1. The summed E-state index contributed by atoms with van der Waals surface area (Å²) in [4.78, 5) is 22.8. The van der Waals surface area contributed by atoms with Crippen molar-refractivity contribution in [2.45, 2.75) is 168 Å². The van der Waals surface area contributed by atoms with Gasteiger partial charge in [-0.1, -0.05) is 152 Å². The summed E-state index contributed by atoms with van der Waals surface area (Å²) in [5, 5.41) is 0. The lowest BCUT2D eigenvalue weighted by atomic mass is 10.0. The van der Waals surface area contributed by atoms with Crippen LogP contribution in [0.4, 0.5) is 0 Å². The Morgan fingerprint density at radius 3 is 1.58 bits per heavy atom. The van der Waals surface area contributed by atoms with Crippen molar-refractivity contribution in [3.05, 3.63) is 60.9 Å². The van der Waals surface area contributed by atoms with Gasteiger partial charge in [0.25, 0.3) is 0 Å². The fourth-order valence-corrected chi connectivity index (χ4v) is 6.09. The van der Waals surface area contributed by atoms with E-state index in [2.05, 4.69) is 50.3 Å². The second-order valence-corrected chi connectivity index (χ2v) is 16.5. The average molecular weight is 767 g/mol. The summed E-state index contributed by atoms with van der Waals surface area (Å²) < 4.78 is 34.6. The molecule has 0 radical (unpaired) electrons. The summed E-state index contributed by atoms with van der Waals surface area (Å²) in [6.07, 6.45) is 46.5. The van der Waals surface area contributed by atoms with Crippen LogP contribution in [0.2, 0.25) is 0 Å². The monoisotopic (exact) mass is 767 g/mol. The van der Waals surface area contributed by atoms with Crippen molar-refractivity contribution in [2.24, 2.45) is 0 Å². The Balaban J connectivity index is 4.45. The molecule has 0 aliphatic rings. The summed E-state index contributed by atoms with van der Waals surface area (Å²) in [6, 6.07) is 0. The largest absolute Gasteiger partial charge is 0.498 e. The molecular weight excluding hydrogens is 685 g/mol. The van der Waals surface area contributed by atoms with E-state index in [0.717, 1.165) is 32.1 Å². The van der Waals surface area contributed by atoms with Crippen LogP contribution >= 0.6 is 7.82 Å². The number of carbonyl (C=O) groups is 1. The van der Waals surface area contributed by atoms with Crippen LogP contribution in [0.3, 0.4) is 0 Å². The van der Waals surface area contributed by atoms with Crippen LogP contribution in [0.1, 0.15) is 162 Å². The van der Waals surface area contributed by atoms with Crippen molar-refractivity contribution in [3.8, 4) is 0 Å². The van der Waals surface area contributed by atoms with Crippen LogP contribution in [0, 0.1) is 0 Å². The lowest BCUT2D eigenvalue weighted by Crippen LogP contribution is -2.37. The number of phosphoric acid groups is 1. The molecule has 0 aliphatic carbocycles. The molecule has 0 amide bonds. The molecule has 0 heterocycles. The highest BCUT2D eigenvalue weighted by atomic mass is 31.2. The topological polar surface area (TPSA) is 91.3 Å². The number of esters is 1. The minimum absolute atomic E-state index is 0.0178. The van der Waals surface area contributed by atoms with Gasteiger partial charge >= 0.3 is 13.8 Å². The maximum absolute atomic E-state index is 12.6. The molecule has 2 atom stereocenters. The number of hydrogen-bond acceptors (Lipinski definition) is 6. The van der Waals surface area contributed by atoms with Gasteiger partial charge in [0.15, 0.2) is 6.10 Å². The number of phosphoric ester groups is 1. The smallest absolute Gasteiger partial charge is 0.472 e. The zero-order valence-electron chi connectivity index (χ0n) is 34.7. The minimum atomic E-state index is -4.31. The Kier molecular flexibility index (Phi) is 35.6. The molecular formula is C44H81NO7P+. The number of quaternary nitrogens is 1. The molecule has 0 bridgehead atoms. The average Bonchev–Trinajstić information content (AvgIpc) is 3.11. The minimum Gasteiger partial charge on any atom is -0.498 e. The fourth-order valence-electron chi connectivity index (χ4n) is 5.35. The van der Waals surface area contributed by atoms with E-state index >= 15 is 0 Å². The number of unbranched alkanes of at least 4 members (excludes halogenated alkanes) is 16. The first-order chi connectivity index (χ1) is 25.6. The summed E-state index contributed by atoms with van der Waals surface area (Å²) in [5.74, 6) is -0.415. The maximum Gasteiger partial charge on any atom is 0.472 e. The first-order valence-corrected chi connectivity index (χ1v) is 22.6. The zero-order valence-corrected chi connectivity index (χ0v) is 35.6. The third-order valence-corrected chi connectivity index (χ3v) is 9.64. The van der Waals surface area contributed by atoms with Crippen LogP contribution in [-0.2, 0) is 27.9 Å². The first kappa shape index (κ1) is 51.0. The van der Waals surface area contributed by atoms with E-state index in [1.807, 2.05) is 39.4 Å². The lowest BCUT2D eigenvalue weighted by molar-refractivity contribution is -0.870. The van der Waals surface area contributed by atoms with Crippen molar-refractivity contribution in [3.63, 3.8) is 0 Å². The highest BCUT2D eigenvalue weighted by Gasteiger charge is 2.26. The molecule has 308 valence electrons. The molecule has 9 heteroatoms. The summed E-state index contributed by atoms with van der Waals surface area (Å²) in [7, 11) is 1.59. The number of hydrogen-bond donors (Lipinski definition) is 1. The summed E-state index contributed by atoms with van der Waals surface area (Å²) >= 11 is 0. The van der Waals surface area contributed by atoms with Crippen molar-refractivity contribution in [1.82, 2.24) is 0 Å². The molecule has 0 rings (SSSR count). The summed E-state index contributed by atoms with van der Waals surface area (Å²) in [5.41, 5.74) is 0. The van der Waals surface area contributed by atoms with Gasteiger partial charge < -0.3 is 18.9 Å². The Morgan fingerprint density at radius 2 is 1.06 bits per heavy atom. The van der Waals surface area contributed by atoms with Crippen LogP contribution in [0.15, 0.2) is 60.9 Å². The maximum atomic E-state index is 12.6. The predicted octanol–water partition coefficient (Wildman–Crippen LogP) is 12.5. The van der Waals surface area contributed by atoms with E-state index in [9.17, 15) is 14.3 Å². The molecule has 0 fully saturated rings. The molecule has 0 aromatic rings. The van der Waals surface area contributed by atoms with E-state index in [4.69, 9.17) is 18.5 Å². The van der Waals surface area contributed by atoms with Gasteiger partial charge in [-0.25, -0.2) is 4.57 Å². The van der Waals surface area contributed by atoms with Crippen molar-refractivity contribution in [2.75, 3.05) is 47.5 Å². The molecule has 0 saturated carbocycles. The Hall–Kier alpha value is -1.96. The van der Waals surface area contributed by atoms with E-state index in [0.29, 0.717) is 17.4 Å². The molecule has 0 saturated heterocycles. The van der Waals surface area contributed by atoms with Crippen molar-refractivity contribution < 1.29 is 37.3 Å². The fraction of sp³-hybridized carbons (Fsp3) is 0.750. The van der Waals surface area contributed by atoms with E-state index < -0.39 is 19.9 Å². The third kappa shape index (κ3) is 41.1. The highest BCUT2D eigenvalue weighted by Crippen LogP contribution is 2.43. The van der Waals surface area contributed by atoms with Gasteiger partial charge in [-0.05, 0) is 57.4 Å². The summed E-state index contributed by atoms with van der Waals surface area (Å²) in [6.45, 7) is 4.82. The molecule has 2 unspecified atom stereocenters. The molecule has 8 nitrogen and oxygen atoms in total. The van der Waals surface area contributed by atoms with Crippen molar-refractivity contribution >= 4 is 13.8 Å². The van der Waals surface area contributed by atoms with Gasteiger partial charge in [0, 0.05) is 6.42 Å². The van der Waals surface area contributed by atoms with Gasteiger partial charge in [-0.2, -0.15) is 0 Å². The second-order valence-electron chi connectivity index (χ2n) is 15.1. The Bertz CT molecular complexity index is 1030. The van der Waals surface area contributed by atoms with E-state index in [-0.39, 0.29) is 26.2 Å². The molecule has 0 aliphatic heterocycles. The molecule has 0 aromatic carbocycles. The van der Waals surface area contributed by atoms with Crippen LogP contribution < -0.4 is 0 Å². The normalized spacial score (nSPS) is 14.4. The number of ether oxygens (including phenoxy) is 2. The standard InChI is InChI=1S/C44H80NO7P/c1-6-8-10-12-14-16-18-20-22-23-24-25-27-29-31-33-35-37-44(46)52-43(42-51-53(47,48)50-40-38-45(3,4)5)41-49-39-36-34-32-30-28-26-21-19-17-15-13-11-9-7-2/h16,18,22-23,25,27,31,33,36,39,43H,6-15,17,19-21,24,26,28-30,32,34-35,37-38,40-42H2,1-5H3/p+1/b18-16-,23-22-,27-25-,33-31-,39-36+. The van der Waals surface area contributed by atoms with E-state index in [1.54, 1.807) is 6.26 Å². The molecule has 0 spiro atoms. The zero-order chi connectivity index (χ0) is 39.1. The highest BCUT2D eigenvalue weighted by molar-refractivity contribution is 7.47. The van der Waals surface area contributed by atoms with Gasteiger partial charge in [-0.3, -0.25) is 13.8 Å². The molecule has 0 aromatic heterocycles. The molecule has 53 heavy (non-hydrogen) atoms. The quantitative estimate of drug-likeness (QED) is 0.0167.